The SMILES string of the molecule is Cc1cccnc1CNC1(C(F)(F)F)CC1. The van der Waals surface area contributed by atoms with E-state index in [2.05, 4.69) is 10.3 Å². The number of aryl methyl sites for hydroxylation is 1. The number of alkyl halides is 3. The Kier molecular flexibility index (Phi) is 2.66. The van der Waals surface area contributed by atoms with Gasteiger partial charge < -0.3 is 0 Å². The van der Waals surface area contributed by atoms with Crippen LogP contribution in [0.5, 0.6) is 0 Å². The summed E-state index contributed by atoms with van der Waals surface area (Å²) in [5, 5.41) is 2.58. The Balaban J connectivity index is 2.01. The summed E-state index contributed by atoms with van der Waals surface area (Å²) in [6, 6.07) is 3.62. The third kappa shape index (κ3) is 2.04. The van der Waals surface area contributed by atoms with Gasteiger partial charge in [-0.25, -0.2) is 0 Å². The van der Waals surface area contributed by atoms with Crippen molar-refractivity contribution in [2.24, 2.45) is 0 Å². The molecule has 0 aliphatic heterocycles. The fraction of sp³-hybridized carbons (Fsp3) is 0.545. The fourth-order valence-electron chi connectivity index (χ4n) is 1.64. The van der Waals surface area contributed by atoms with Crippen LogP contribution in [-0.4, -0.2) is 16.7 Å². The van der Waals surface area contributed by atoms with Gasteiger partial charge in [0.1, 0.15) is 5.54 Å². The van der Waals surface area contributed by atoms with Crippen molar-refractivity contribution >= 4 is 0 Å². The van der Waals surface area contributed by atoms with E-state index in [1.165, 1.54) is 0 Å². The molecular weight excluding hydrogens is 217 g/mol. The Morgan fingerprint density at radius 1 is 1.44 bits per heavy atom. The molecule has 1 aliphatic rings. The minimum atomic E-state index is -4.16. The Labute approximate surface area is 91.9 Å². The molecule has 0 amide bonds. The molecule has 0 saturated heterocycles. The van der Waals surface area contributed by atoms with Gasteiger partial charge in [-0.05, 0) is 31.4 Å². The fourth-order valence-corrected chi connectivity index (χ4v) is 1.64. The van der Waals surface area contributed by atoms with Crippen LogP contribution < -0.4 is 5.32 Å². The Hall–Kier alpha value is -1.10. The zero-order chi connectivity index (χ0) is 11.8. The first-order valence-corrected chi connectivity index (χ1v) is 5.17. The van der Waals surface area contributed by atoms with E-state index in [1.807, 2.05) is 13.0 Å². The van der Waals surface area contributed by atoms with Crippen LogP contribution >= 0.6 is 0 Å². The summed E-state index contributed by atoms with van der Waals surface area (Å²) in [6.45, 7) is 2.02. The quantitative estimate of drug-likeness (QED) is 0.863. The standard InChI is InChI=1S/C11H13F3N2/c1-8-3-2-6-15-9(8)7-16-10(4-5-10)11(12,13)14/h2-3,6,16H,4-5,7H2,1H3. The molecule has 16 heavy (non-hydrogen) atoms. The van der Waals surface area contributed by atoms with E-state index in [4.69, 9.17) is 0 Å². The van der Waals surface area contributed by atoms with Gasteiger partial charge in [0.25, 0.3) is 0 Å². The highest BCUT2D eigenvalue weighted by atomic mass is 19.4. The zero-order valence-corrected chi connectivity index (χ0v) is 8.93. The number of nitrogens with one attached hydrogen (secondary N) is 1. The number of halogens is 3. The number of rotatable bonds is 3. The van der Waals surface area contributed by atoms with Crippen LogP contribution in [0.15, 0.2) is 18.3 Å². The molecule has 1 heterocycles. The lowest BCUT2D eigenvalue weighted by atomic mass is 10.2. The summed E-state index contributed by atoms with van der Waals surface area (Å²) in [4.78, 5) is 4.06. The molecule has 5 heteroatoms. The molecule has 1 saturated carbocycles. The predicted molar refractivity (Wildman–Crippen MR) is 53.8 cm³/mol. The van der Waals surface area contributed by atoms with Crippen molar-refractivity contribution in [3.05, 3.63) is 29.6 Å². The van der Waals surface area contributed by atoms with Gasteiger partial charge in [0.15, 0.2) is 0 Å². The second-order valence-electron chi connectivity index (χ2n) is 4.20. The first kappa shape index (κ1) is 11.4. The lowest BCUT2D eigenvalue weighted by Crippen LogP contribution is -2.44. The van der Waals surface area contributed by atoms with Crippen LogP contribution in [0.25, 0.3) is 0 Å². The van der Waals surface area contributed by atoms with Gasteiger partial charge >= 0.3 is 6.18 Å². The molecule has 1 fully saturated rings. The van der Waals surface area contributed by atoms with Crippen LogP contribution in [-0.2, 0) is 6.54 Å². The normalized spacial score (nSPS) is 18.5. The molecule has 2 nitrogen and oxygen atoms in total. The molecule has 0 bridgehead atoms. The van der Waals surface area contributed by atoms with E-state index in [0.29, 0.717) is 5.69 Å². The largest absolute Gasteiger partial charge is 0.406 e. The van der Waals surface area contributed by atoms with Crippen molar-refractivity contribution in [2.45, 2.75) is 38.0 Å². The summed E-state index contributed by atoms with van der Waals surface area (Å²) in [7, 11) is 0. The molecule has 1 N–H and O–H groups in total. The second kappa shape index (κ2) is 3.73. The highest BCUT2D eigenvalue weighted by molar-refractivity contribution is 5.19. The van der Waals surface area contributed by atoms with Crippen LogP contribution in [0.2, 0.25) is 0 Å². The van der Waals surface area contributed by atoms with E-state index in [-0.39, 0.29) is 19.4 Å². The van der Waals surface area contributed by atoms with Crippen molar-refractivity contribution in [1.82, 2.24) is 10.3 Å². The maximum absolute atomic E-state index is 12.6. The van der Waals surface area contributed by atoms with E-state index in [9.17, 15) is 13.2 Å². The van der Waals surface area contributed by atoms with Crippen LogP contribution in [0, 0.1) is 6.92 Å². The summed E-state index contributed by atoms with van der Waals surface area (Å²) in [5.74, 6) is 0. The van der Waals surface area contributed by atoms with Gasteiger partial charge in [-0.3, -0.25) is 10.3 Å². The smallest absolute Gasteiger partial charge is 0.298 e. The molecule has 88 valence electrons. The van der Waals surface area contributed by atoms with Crippen molar-refractivity contribution < 1.29 is 13.2 Å². The monoisotopic (exact) mass is 230 g/mol. The molecule has 0 aromatic carbocycles. The number of pyridine rings is 1. The Morgan fingerprint density at radius 3 is 2.62 bits per heavy atom. The summed E-state index contributed by atoms with van der Waals surface area (Å²) >= 11 is 0. The molecule has 1 aromatic rings. The number of nitrogens with zero attached hydrogens (tertiary/aromatic N) is 1. The third-order valence-electron chi connectivity index (χ3n) is 3.00. The minimum absolute atomic E-state index is 0.169. The summed E-state index contributed by atoms with van der Waals surface area (Å²) < 4.78 is 37.8. The number of hydrogen-bond donors (Lipinski definition) is 1. The van der Waals surface area contributed by atoms with E-state index < -0.39 is 11.7 Å². The van der Waals surface area contributed by atoms with Gasteiger partial charge in [0.2, 0.25) is 0 Å². The van der Waals surface area contributed by atoms with Crippen LogP contribution in [0.1, 0.15) is 24.1 Å². The zero-order valence-electron chi connectivity index (χ0n) is 8.93. The van der Waals surface area contributed by atoms with E-state index in [1.54, 1.807) is 12.3 Å². The van der Waals surface area contributed by atoms with Crippen molar-refractivity contribution in [2.75, 3.05) is 0 Å². The molecule has 0 spiro atoms. The Morgan fingerprint density at radius 2 is 2.12 bits per heavy atom. The number of hydrogen-bond acceptors (Lipinski definition) is 2. The third-order valence-corrected chi connectivity index (χ3v) is 3.00. The molecule has 1 aliphatic carbocycles. The second-order valence-corrected chi connectivity index (χ2v) is 4.20. The minimum Gasteiger partial charge on any atom is -0.298 e. The van der Waals surface area contributed by atoms with Gasteiger partial charge in [-0.2, -0.15) is 13.2 Å². The number of aromatic nitrogens is 1. The lowest BCUT2D eigenvalue weighted by Gasteiger charge is -2.20. The van der Waals surface area contributed by atoms with Crippen molar-refractivity contribution in [3.8, 4) is 0 Å². The molecule has 0 radical (unpaired) electrons. The van der Waals surface area contributed by atoms with Crippen molar-refractivity contribution in [1.29, 1.82) is 0 Å². The molecule has 0 atom stereocenters. The van der Waals surface area contributed by atoms with E-state index >= 15 is 0 Å². The predicted octanol–water partition coefficient (Wildman–Crippen LogP) is 2.57. The van der Waals surface area contributed by atoms with Crippen LogP contribution in [0.3, 0.4) is 0 Å². The maximum atomic E-state index is 12.6. The highest BCUT2D eigenvalue weighted by Gasteiger charge is 2.62. The van der Waals surface area contributed by atoms with Crippen LogP contribution in [0.4, 0.5) is 13.2 Å². The Bertz CT molecular complexity index is 383. The molecule has 1 aromatic heterocycles. The maximum Gasteiger partial charge on any atom is 0.406 e. The van der Waals surface area contributed by atoms with Crippen molar-refractivity contribution in [3.63, 3.8) is 0 Å². The van der Waals surface area contributed by atoms with E-state index in [0.717, 1.165) is 5.56 Å². The van der Waals surface area contributed by atoms with Gasteiger partial charge in [0, 0.05) is 12.7 Å². The molecule has 2 rings (SSSR count). The highest BCUT2D eigenvalue weighted by Crippen LogP contribution is 2.49. The first-order valence-electron chi connectivity index (χ1n) is 5.17. The lowest BCUT2D eigenvalue weighted by molar-refractivity contribution is -0.166. The topological polar surface area (TPSA) is 24.9 Å². The average Bonchev–Trinajstić information content (AvgIpc) is 2.96. The first-order chi connectivity index (χ1) is 7.45. The van der Waals surface area contributed by atoms with Gasteiger partial charge in [-0.15, -0.1) is 0 Å². The van der Waals surface area contributed by atoms with Gasteiger partial charge in [0.05, 0.1) is 5.69 Å². The molecular formula is C11H13F3N2. The summed E-state index contributed by atoms with van der Waals surface area (Å²) in [5.41, 5.74) is -0.0669. The molecule has 0 unspecified atom stereocenters. The average molecular weight is 230 g/mol. The van der Waals surface area contributed by atoms with Gasteiger partial charge in [-0.1, -0.05) is 6.07 Å². The summed E-state index contributed by atoms with van der Waals surface area (Å²) in [6.07, 6.45) is -2.22.